The van der Waals surface area contributed by atoms with Gasteiger partial charge in [-0.25, -0.2) is 0 Å². The van der Waals surface area contributed by atoms with Crippen LogP contribution in [0, 0.1) is 11.8 Å². The molecule has 22 heavy (non-hydrogen) atoms. The minimum Gasteiger partial charge on any atom is -0.0839 e. The lowest BCUT2D eigenvalue weighted by molar-refractivity contribution is 0.621. The van der Waals surface area contributed by atoms with Gasteiger partial charge in [0.25, 0.3) is 0 Å². The molecule has 1 aromatic rings. The number of hydrogen-bond acceptors (Lipinski definition) is 0. The van der Waals surface area contributed by atoms with Gasteiger partial charge in [-0.1, -0.05) is 80.6 Å². The van der Waals surface area contributed by atoms with E-state index in [9.17, 15) is 0 Å². The molecule has 0 nitrogen and oxygen atoms in total. The molecule has 0 amide bonds. The fourth-order valence-corrected chi connectivity index (χ4v) is 6.20. The molecule has 2 aliphatic rings. The van der Waals surface area contributed by atoms with Gasteiger partial charge in [0.1, 0.15) is 0 Å². The van der Waals surface area contributed by atoms with Gasteiger partial charge in [-0.3, -0.25) is 0 Å². The Balaban J connectivity index is 2.05. The molecule has 1 aromatic carbocycles. The van der Waals surface area contributed by atoms with Gasteiger partial charge in [-0.15, -0.1) is 0 Å². The van der Waals surface area contributed by atoms with Crippen molar-refractivity contribution in [3.63, 3.8) is 0 Å². The monoisotopic (exact) mass is 308 g/mol. The van der Waals surface area contributed by atoms with Crippen LogP contribution >= 0.6 is 7.92 Å². The van der Waals surface area contributed by atoms with Gasteiger partial charge < -0.3 is 0 Å². The summed E-state index contributed by atoms with van der Waals surface area (Å²) in [5.74, 6) is 1.36. The highest BCUT2D eigenvalue weighted by Crippen LogP contribution is 2.57. The molecule has 0 bridgehead atoms. The van der Waals surface area contributed by atoms with Crippen LogP contribution in [0.15, 0.2) is 77.4 Å². The van der Waals surface area contributed by atoms with Crippen molar-refractivity contribution in [2.24, 2.45) is 11.8 Å². The average molecular weight is 308 g/mol. The number of allylic oxidation sites excluding steroid dienone is 8. The SMILES string of the molecule is CCC1CC=CC=C1[P@](C1=CC(C)CC=C1)c1ccccc1. The molecule has 3 atom stereocenters. The molecule has 0 radical (unpaired) electrons. The van der Waals surface area contributed by atoms with Crippen LogP contribution in [0.4, 0.5) is 0 Å². The highest BCUT2D eigenvalue weighted by atomic mass is 31.1. The van der Waals surface area contributed by atoms with Gasteiger partial charge >= 0.3 is 0 Å². The predicted molar refractivity (Wildman–Crippen MR) is 99.6 cm³/mol. The van der Waals surface area contributed by atoms with Gasteiger partial charge in [0.05, 0.1) is 0 Å². The third kappa shape index (κ3) is 3.33. The third-order valence-corrected chi connectivity index (χ3v) is 7.18. The smallest absolute Gasteiger partial charge is 0.0119 e. The first-order valence-electron chi connectivity index (χ1n) is 8.40. The van der Waals surface area contributed by atoms with E-state index in [2.05, 4.69) is 80.6 Å². The zero-order valence-corrected chi connectivity index (χ0v) is 14.5. The van der Waals surface area contributed by atoms with Crippen molar-refractivity contribution in [1.82, 2.24) is 0 Å². The van der Waals surface area contributed by atoms with E-state index in [4.69, 9.17) is 0 Å². The van der Waals surface area contributed by atoms with Crippen LogP contribution in [0.1, 0.15) is 33.1 Å². The largest absolute Gasteiger partial charge is 0.0839 e. The third-order valence-electron chi connectivity index (χ3n) is 4.52. The minimum absolute atomic E-state index is 0.380. The normalized spacial score (nSPS) is 25.5. The summed E-state index contributed by atoms with van der Waals surface area (Å²) >= 11 is 0. The van der Waals surface area contributed by atoms with Crippen LogP contribution in [-0.4, -0.2) is 0 Å². The molecule has 0 aromatic heterocycles. The molecule has 0 fully saturated rings. The first-order chi connectivity index (χ1) is 10.8. The molecule has 3 rings (SSSR count). The van der Waals surface area contributed by atoms with Crippen molar-refractivity contribution in [3.8, 4) is 0 Å². The molecule has 0 saturated heterocycles. The van der Waals surface area contributed by atoms with Crippen LogP contribution in [0.3, 0.4) is 0 Å². The molecular weight excluding hydrogens is 283 g/mol. The van der Waals surface area contributed by atoms with E-state index >= 15 is 0 Å². The summed E-state index contributed by atoms with van der Waals surface area (Å²) < 4.78 is 0. The highest BCUT2D eigenvalue weighted by molar-refractivity contribution is 7.73. The van der Waals surface area contributed by atoms with E-state index in [-0.39, 0.29) is 7.92 Å². The highest BCUT2D eigenvalue weighted by Gasteiger charge is 2.26. The minimum atomic E-state index is -0.380. The second kappa shape index (κ2) is 7.25. The van der Waals surface area contributed by atoms with E-state index < -0.39 is 0 Å². The van der Waals surface area contributed by atoms with Crippen LogP contribution in [0.25, 0.3) is 0 Å². The summed E-state index contributed by atoms with van der Waals surface area (Å²) in [5.41, 5.74) is 0. The maximum absolute atomic E-state index is 2.50. The maximum Gasteiger partial charge on any atom is -0.0119 e. The molecule has 1 heteroatoms. The van der Waals surface area contributed by atoms with Crippen LogP contribution in [-0.2, 0) is 0 Å². The summed E-state index contributed by atoms with van der Waals surface area (Å²) in [6.45, 7) is 4.65. The topological polar surface area (TPSA) is 0 Å². The van der Waals surface area contributed by atoms with Crippen molar-refractivity contribution in [1.29, 1.82) is 0 Å². The van der Waals surface area contributed by atoms with Crippen molar-refractivity contribution in [2.45, 2.75) is 33.1 Å². The lowest BCUT2D eigenvalue weighted by Gasteiger charge is -2.31. The van der Waals surface area contributed by atoms with Gasteiger partial charge in [-0.2, -0.15) is 0 Å². The van der Waals surface area contributed by atoms with E-state index in [0.29, 0.717) is 11.8 Å². The summed E-state index contributed by atoms with van der Waals surface area (Å²) in [4.78, 5) is 0. The van der Waals surface area contributed by atoms with E-state index in [1.165, 1.54) is 24.6 Å². The molecule has 0 saturated carbocycles. The zero-order valence-electron chi connectivity index (χ0n) is 13.6. The molecular formula is C21H25P. The number of rotatable bonds is 4. The average Bonchev–Trinajstić information content (AvgIpc) is 2.57. The molecule has 114 valence electrons. The standard InChI is InChI=1S/C21H25P/c1-3-18-11-7-8-15-21(18)22(19-12-5-4-6-13-19)20-14-9-10-17(2)16-20/h4-9,12-18H,3,10-11H2,1-2H3/t17?,18?,22-/m0/s1. The number of benzene rings is 1. The van der Waals surface area contributed by atoms with Crippen molar-refractivity contribution in [2.75, 3.05) is 0 Å². The second-order valence-corrected chi connectivity index (χ2v) is 8.46. The summed E-state index contributed by atoms with van der Waals surface area (Å²) in [7, 11) is -0.380. The first-order valence-corrected chi connectivity index (χ1v) is 9.74. The fourth-order valence-electron chi connectivity index (χ4n) is 3.29. The Bertz CT molecular complexity index is 619. The second-order valence-electron chi connectivity index (χ2n) is 6.24. The van der Waals surface area contributed by atoms with E-state index in [0.717, 1.165) is 0 Å². The van der Waals surface area contributed by atoms with E-state index in [1.54, 1.807) is 10.6 Å². The summed E-state index contributed by atoms with van der Waals surface area (Å²) in [6, 6.07) is 11.1. The van der Waals surface area contributed by atoms with Gasteiger partial charge in [0.2, 0.25) is 0 Å². The van der Waals surface area contributed by atoms with Crippen LogP contribution in [0.5, 0.6) is 0 Å². The van der Waals surface area contributed by atoms with Crippen LogP contribution < -0.4 is 5.30 Å². The molecule has 0 aliphatic heterocycles. The molecule has 2 aliphatic carbocycles. The Morgan fingerprint density at radius 3 is 2.64 bits per heavy atom. The fraction of sp³-hybridized carbons (Fsp3) is 0.333. The predicted octanol–water partition coefficient (Wildman–Crippen LogP) is 6.14. The molecule has 0 spiro atoms. The van der Waals surface area contributed by atoms with Crippen molar-refractivity contribution >= 4 is 13.2 Å². The Labute approximate surface area is 136 Å². The Hall–Kier alpha value is -1.39. The van der Waals surface area contributed by atoms with Gasteiger partial charge in [-0.05, 0) is 55.0 Å². The lowest BCUT2D eigenvalue weighted by Crippen LogP contribution is -2.12. The summed E-state index contributed by atoms with van der Waals surface area (Å²) in [5, 5.41) is 4.68. The Morgan fingerprint density at radius 1 is 1.09 bits per heavy atom. The quantitative estimate of drug-likeness (QED) is 0.586. The molecule has 0 N–H and O–H groups in total. The van der Waals surface area contributed by atoms with E-state index in [1.807, 2.05) is 0 Å². The maximum atomic E-state index is 2.50. The zero-order chi connectivity index (χ0) is 15.4. The molecule has 2 unspecified atom stereocenters. The lowest BCUT2D eigenvalue weighted by atomic mass is 9.98. The Morgan fingerprint density at radius 2 is 1.91 bits per heavy atom. The number of hydrogen-bond donors (Lipinski definition) is 0. The van der Waals surface area contributed by atoms with Crippen molar-refractivity contribution in [3.05, 3.63) is 77.4 Å². The van der Waals surface area contributed by atoms with Gasteiger partial charge in [0.15, 0.2) is 0 Å². The Kier molecular flexibility index (Phi) is 5.11. The van der Waals surface area contributed by atoms with Gasteiger partial charge in [0, 0.05) is 0 Å². The summed E-state index contributed by atoms with van der Waals surface area (Å²) in [6.07, 6.45) is 17.8. The van der Waals surface area contributed by atoms with Crippen LogP contribution in [0.2, 0.25) is 0 Å². The first kappa shape index (κ1) is 15.5. The molecule has 0 heterocycles. The van der Waals surface area contributed by atoms with Crippen molar-refractivity contribution < 1.29 is 0 Å².